The van der Waals surface area contributed by atoms with Crippen LogP contribution in [0.3, 0.4) is 0 Å². The van der Waals surface area contributed by atoms with Crippen LogP contribution < -0.4 is 5.36 Å². The zero-order chi connectivity index (χ0) is 15.5. The summed E-state index contributed by atoms with van der Waals surface area (Å²) >= 11 is 0. The lowest BCUT2D eigenvalue weighted by Crippen LogP contribution is -2.03. The molecule has 0 amide bonds. The molecule has 23 heavy (non-hydrogen) atoms. The summed E-state index contributed by atoms with van der Waals surface area (Å²) in [5.41, 5.74) is 1.23. The van der Waals surface area contributed by atoms with Gasteiger partial charge in [0.1, 0.15) is 0 Å². The van der Waals surface area contributed by atoms with Crippen molar-refractivity contribution in [1.29, 1.82) is 0 Å². The third-order valence-corrected chi connectivity index (χ3v) is 4.14. The Hall–Kier alpha value is -2.93. The quantitative estimate of drug-likeness (QED) is 0.488. The molecule has 0 saturated carbocycles. The topological polar surface area (TPSA) is 12.4 Å². The predicted molar refractivity (Wildman–Crippen MR) is 97.2 cm³/mol. The van der Waals surface area contributed by atoms with Crippen LogP contribution in [0.5, 0.6) is 0 Å². The van der Waals surface area contributed by atoms with Crippen LogP contribution in [0.4, 0.5) is 0 Å². The van der Waals surface area contributed by atoms with Gasteiger partial charge in [0.05, 0.1) is 11.9 Å². The van der Waals surface area contributed by atoms with E-state index in [1.165, 1.54) is 27.1 Å². The average molecular weight is 295 g/mol. The minimum Gasteiger partial charge on any atom is -0.279 e. The van der Waals surface area contributed by atoms with Gasteiger partial charge in [-0.05, 0) is 16.3 Å². The third kappa shape index (κ3) is 2.74. The van der Waals surface area contributed by atoms with E-state index in [0.29, 0.717) is 6.54 Å². The largest absolute Gasteiger partial charge is 0.279 e. The number of hydrogen-bond acceptors (Lipinski definition) is 1. The fraction of sp³-hybridized carbons (Fsp3) is 0.0455. The Morgan fingerprint density at radius 1 is 0.522 bits per heavy atom. The van der Waals surface area contributed by atoms with Gasteiger partial charge >= 0.3 is 0 Å². The van der Waals surface area contributed by atoms with Gasteiger partial charge in [0.15, 0.2) is 0 Å². The molecule has 0 unspecified atom stereocenters. The van der Waals surface area contributed by atoms with Gasteiger partial charge in [0, 0.05) is 10.8 Å². The van der Waals surface area contributed by atoms with E-state index in [2.05, 4.69) is 84.9 Å². The molecule has 0 bridgehead atoms. The maximum Gasteiger partial charge on any atom is 0.0735 e. The molecule has 4 aromatic carbocycles. The molecule has 0 aliphatic heterocycles. The van der Waals surface area contributed by atoms with Crippen molar-refractivity contribution < 1.29 is 0 Å². The number of rotatable bonds is 2. The van der Waals surface area contributed by atoms with Crippen LogP contribution in [0.15, 0.2) is 96.0 Å². The van der Waals surface area contributed by atoms with E-state index in [0.717, 1.165) is 5.36 Å². The Balaban J connectivity index is 2.05. The first-order valence-electron chi connectivity index (χ1n) is 7.87. The molecule has 110 valence electrons. The lowest BCUT2D eigenvalue weighted by molar-refractivity contribution is 1.02. The summed E-state index contributed by atoms with van der Waals surface area (Å²) in [6, 6.07) is 31.7. The Labute approximate surface area is 135 Å². The van der Waals surface area contributed by atoms with Crippen LogP contribution >= 0.6 is 0 Å². The van der Waals surface area contributed by atoms with Gasteiger partial charge in [-0.1, -0.05) is 91.0 Å². The molecule has 1 nitrogen and oxygen atoms in total. The molecule has 0 aliphatic carbocycles. The fourth-order valence-corrected chi connectivity index (χ4v) is 2.96. The van der Waals surface area contributed by atoms with E-state index in [1.54, 1.807) is 0 Å². The molecular weight excluding hydrogens is 278 g/mol. The minimum absolute atomic E-state index is 0.693. The Bertz CT molecular complexity index is 972. The van der Waals surface area contributed by atoms with E-state index < -0.39 is 0 Å². The molecule has 0 radical (unpaired) electrons. The van der Waals surface area contributed by atoms with Gasteiger partial charge in [0.2, 0.25) is 0 Å². The molecule has 0 saturated heterocycles. The van der Waals surface area contributed by atoms with Gasteiger partial charge in [-0.15, -0.1) is 0 Å². The van der Waals surface area contributed by atoms with E-state index in [-0.39, 0.29) is 0 Å². The normalized spacial score (nSPS) is 10.8. The van der Waals surface area contributed by atoms with E-state index in [4.69, 9.17) is 4.99 Å². The van der Waals surface area contributed by atoms with Gasteiger partial charge in [0.25, 0.3) is 0 Å². The monoisotopic (exact) mass is 295 g/mol. The number of hydrogen-bond donors (Lipinski definition) is 0. The molecule has 0 fully saturated rings. The number of fused-ring (bicyclic) bond motifs is 2. The summed E-state index contributed by atoms with van der Waals surface area (Å²) < 4.78 is 0. The van der Waals surface area contributed by atoms with Crippen LogP contribution in [0.25, 0.3) is 21.5 Å². The summed E-state index contributed by atoms with van der Waals surface area (Å²) in [4.78, 5) is 4.97. The van der Waals surface area contributed by atoms with Crippen LogP contribution in [0.1, 0.15) is 5.56 Å². The highest BCUT2D eigenvalue weighted by Gasteiger charge is 2.00. The van der Waals surface area contributed by atoms with Crippen LogP contribution in [0.2, 0.25) is 0 Å². The number of benzene rings is 3. The smallest absolute Gasteiger partial charge is 0.0735 e. The molecule has 1 heteroatoms. The highest BCUT2D eigenvalue weighted by Crippen LogP contribution is 2.15. The molecule has 0 aliphatic rings. The average Bonchev–Trinajstić information content (AvgIpc) is 2.78. The minimum atomic E-state index is 0.693. The maximum atomic E-state index is 4.97. The van der Waals surface area contributed by atoms with Crippen molar-refractivity contribution in [2.24, 2.45) is 4.99 Å². The van der Waals surface area contributed by atoms with Crippen molar-refractivity contribution in [2.45, 2.75) is 6.54 Å². The molecule has 4 rings (SSSR count). The lowest BCUT2D eigenvalue weighted by atomic mass is 10.1. The van der Waals surface area contributed by atoms with Crippen molar-refractivity contribution >= 4 is 21.5 Å². The standard InChI is InChI=1S/C22H17N/c1-2-8-17(9-3-1)16-23-22-20-12-6-4-10-18(20)14-15-19-11-5-7-13-21(19)22/h1-15H,16H2. The fourth-order valence-electron chi connectivity index (χ4n) is 2.96. The first-order chi connectivity index (χ1) is 11.4. The molecule has 0 atom stereocenters. The van der Waals surface area contributed by atoms with Crippen molar-refractivity contribution in [3.63, 3.8) is 0 Å². The Kier molecular flexibility index (Phi) is 3.61. The molecular formula is C22H17N. The van der Waals surface area contributed by atoms with Crippen LogP contribution in [-0.2, 0) is 6.54 Å². The Morgan fingerprint density at radius 3 is 1.65 bits per heavy atom. The first kappa shape index (κ1) is 13.7. The summed E-state index contributed by atoms with van der Waals surface area (Å²) in [6.45, 7) is 0.693. The molecule has 0 N–H and O–H groups in total. The second-order valence-corrected chi connectivity index (χ2v) is 5.66. The highest BCUT2D eigenvalue weighted by atomic mass is 14.7. The summed E-state index contributed by atoms with van der Waals surface area (Å²) in [7, 11) is 0. The van der Waals surface area contributed by atoms with Crippen molar-refractivity contribution in [1.82, 2.24) is 0 Å². The maximum absolute atomic E-state index is 4.97. The van der Waals surface area contributed by atoms with Gasteiger partial charge < -0.3 is 0 Å². The molecule has 0 spiro atoms. The molecule has 0 heterocycles. The molecule has 0 aromatic heterocycles. The van der Waals surface area contributed by atoms with Crippen LogP contribution in [0, 0.1) is 0 Å². The van der Waals surface area contributed by atoms with Crippen LogP contribution in [-0.4, -0.2) is 0 Å². The van der Waals surface area contributed by atoms with Gasteiger partial charge in [-0.3, -0.25) is 4.99 Å². The summed E-state index contributed by atoms with van der Waals surface area (Å²) in [5.74, 6) is 0. The van der Waals surface area contributed by atoms with Crippen molar-refractivity contribution in [3.8, 4) is 0 Å². The second-order valence-electron chi connectivity index (χ2n) is 5.66. The zero-order valence-corrected chi connectivity index (χ0v) is 12.8. The lowest BCUT2D eigenvalue weighted by Gasteiger charge is -1.98. The van der Waals surface area contributed by atoms with Crippen molar-refractivity contribution in [3.05, 3.63) is 102 Å². The highest BCUT2D eigenvalue weighted by molar-refractivity contribution is 5.92. The first-order valence-corrected chi connectivity index (χ1v) is 7.87. The SMILES string of the molecule is c1ccc(CN=c2c3ccccc3ccc3ccccc23)cc1. The summed E-state index contributed by atoms with van der Waals surface area (Å²) in [5, 5.41) is 5.91. The van der Waals surface area contributed by atoms with Crippen molar-refractivity contribution in [2.75, 3.05) is 0 Å². The zero-order valence-electron chi connectivity index (χ0n) is 12.8. The molecule has 4 aromatic rings. The summed E-state index contributed by atoms with van der Waals surface area (Å²) in [6.07, 6.45) is 0. The van der Waals surface area contributed by atoms with E-state index >= 15 is 0 Å². The second kappa shape index (κ2) is 6.05. The predicted octanol–water partition coefficient (Wildman–Crippen LogP) is 5.09. The van der Waals surface area contributed by atoms with Gasteiger partial charge in [-0.25, -0.2) is 0 Å². The Morgan fingerprint density at radius 2 is 1.04 bits per heavy atom. The van der Waals surface area contributed by atoms with Gasteiger partial charge in [-0.2, -0.15) is 0 Å². The van der Waals surface area contributed by atoms with E-state index in [9.17, 15) is 0 Å². The van der Waals surface area contributed by atoms with E-state index in [1.807, 2.05) is 6.07 Å². The number of nitrogens with zero attached hydrogens (tertiary/aromatic N) is 1. The third-order valence-electron chi connectivity index (χ3n) is 4.14.